The molecule has 0 N–H and O–H groups in total. The van der Waals surface area contributed by atoms with Crippen LogP contribution >= 0.6 is 0 Å². The van der Waals surface area contributed by atoms with Crippen LogP contribution in [-0.4, -0.2) is 38.0 Å². The molecular formula is C23H22O6. The van der Waals surface area contributed by atoms with Crippen LogP contribution in [-0.2, 0) is 14.3 Å². The Bertz CT molecular complexity index is 907. The Kier molecular flexibility index (Phi) is 7.91. The number of hydrogen-bond acceptors (Lipinski definition) is 6. The highest BCUT2D eigenvalue weighted by molar-refractivity contribution is 6.06. The Hall–Kier alpha value is -3.67. The average Bonchev–Trinajstić information content (AvgIpc) is 2.75. The molecule has 2 aromatic carbocycles. The summed E-state index contributed by atoms with van der Waals surface area (Å²) in [4.78, 5) is 35.4. The molecule has 0 aromatic heterocycles. The van der Waals surface area contributed by atoms with Gasteiger partial charge in [0.15, 0.2) is 5.78 Å². The van der Waals surface area contributed by atoms with E-state index in [-0.39, 0.29) is 24.6 Å². The van der Waals surface area contributed by atoms with Crippen molar-refractivity contribution in [3.05, 3.63) is 83.4 Å². The van der Waals surface area contributed by atoms with Gasteiger partial charge in [0.05, 0.1) is 12.7 Å². The van der Waals surface area contributed by atoms with Gasteiger partial charge in [-0.25, -0.2) is 9.59 Å². The van der Waals surface area contributed by atoms with E-state index in [1.54, 1.807) is 61.7 Å². The van der Waals surface area contributed by atoms with Crippen molar-refractivity contribution in [3.63, 3.8) is 0 Å². The standard InChI is InChI=1S/C23H22O6/c1-16(2)22(25)28-14-15-29-23(26)19-7-4-17(5-8-19)6-13-21(24)18-9-11-20(27-3)12-10-18/h4-13H,1,14-15H2,2-3H3/b13-6+. The predicted octanol–water partition coefficient (Wildman–Crippen LogP) is 3.87. The molecule has 150 valence electrons. The molecule has 2 aromatic rings. The Morgan fingerprint density at radius 2 is 1.48 bits per heavy atom. The van der Waals surface area contributed by atoms with Crippen molar-refractivity contribution in [2.75, 3.05) is 20.3 Å². The Morgan fingerprint density at radius 1 is 0.897 bits per heavy atom. The highest BCUT2D eigenvalue weighted by Crippen LogP contribution is 2.13. The van der Waals surface area contributed by atoms with E-state index >= 15 is 0 Å². The molecule has 0 fully saturated rings. The third-order valence-corrected chi connectivity index (χ3v) is 3.85. The van der Waals surface area contributed by atoms with E-state index in [0.29, 0.717) is 16.9 Å². The smallest absolute Gasteiger partial charge is 0.338 e. The number of benzene rings is 2. The van der Waals surface area contributed by atoms with Gasteiger partial charge in [0.1, 0.15) is 19.0 Å². The van der Waals surface area contributed by atoms with E-state index in [2.05, 4.69) is 6.58 Å². The number of hydrogen-bond donors (Lipinski definition) is 0. The van der Waals surface area contributed by atoms with Crippen molar-refractivity contribution >= 4 is 23.8 Å². The largest absolute Gasteiger partial charge is 0.497 e. The molecule has 29 heavy (non-hydrogen) atoms. The van der Waals surface area contributed by atoms with Crippen LogP contribution in [0.4, 0.5) is 0 Å². The van der Waals surface area contributed by atoms with Crippen molar-refractivity contribution in [1.29, 1.82) is 0 Å². The summed E-state index contributed by atoms with van der Waals surface area (Å²) in [6, 6.07) is 13.4. The lowest BCUT2D eigenvalue weighted by atomic mass is 10.1. The Morgan fingerprint density at radius 3 is 2.07 bits per heavy atom. The molecule has 6 nitrogen and oxygen atoms in total. The lowest BCUT2D eigenvalue weighted by Crippen LogP contribution is -2.14. The first-order valence-electron chi connectivity index (χ1n) is 8.87. The fourth-order valence-corrected chi connectivity index (χ4v) is 2.23. The van der Waals surface area contributed by atoms with Crippen molar-refractivity contribution in [1.82, 2.24) is 0 Å². The molecular weight excluding hydrogens is 372 g/mol. The molecule has 0 aliphatic heterocycles. The second kappa shape index (κ2) is 10.6. The van der Waals surface area contributed by atoms with Crippen LogP contribution in [0.2, 0.25) is 0 Å². The van der Waals surface area contributed by atoms with Crippen molar-refractivity contribution in [2.45, 2.75) is 6.92 Å². The van der Waals surface area contributed by atoms with Gasteiger partial charge in [-0.05, 0) is 55.0 Å². The minimum absolute atomic E-state index is 0.0360. The second-order valence-corrected chi connectivity index (χ2v) is 6.10. The number of allylic oxidation sites excluding steroid dienone is 1. The summed E-state index contributed by atoms with van der Waals surface area (Å²) in [6.07, 6.45) is 3.13. The van der Waals surface area contributed by atoms with E-state index < -0.39 is 11.9 Å². The number of methoxy groups -OCH3 is 1. The van der Waals surface area contributed by atoms with Gasteiger partial charge < -0.3 is 14.2 Å². The molecule has 0 saturated heterocycles. The first kappa shape index (κ1) is 21.6. The third kappa shape index (κ3) is 6.77. The SMILES string of the molecule is C=C(C)C(=O)OCCOC(=O)c1ccc(/C=C/C(=O)c2ccc(OC)cc2)cc1. The van der Waals surface area contributed by atoms with E-state index in [9.17, 15) is 14.4 Å². The summed E-state index contributed by atoms with van der Waals surface area (Å²) in [5.41, 5.74) is 1.95. The van der Waals surface area contributed by atoms with Crippen molar-refractivity contribution in [2.24, 2.45) is 0 Å². The summed E-state index contributed by atoms with van der Waals surface area (Å²) in [5.74, 6) is -0.509. The fourth-order valence-electron chi connectivity index (χ4n) is 2.23. The molecule has 6 heteroatoms. The Balaban J connectivity index is 1.86. The molecule has 0 radical (unpaired) electrons. The maximum absolute atomic E-state index is 12.2. The van der Waals surface area contributed by atoms with Crippen LogP contribution in [0.5, 0.6) is 5.75 Å². The highest BCUT2D eigenvalue weighted by Gasteiger charge is 2.08. The molecule has 0 bridgehead atoms. The van der Waals surface area contributed by atoms with Gasteiger partial charge in [0, 0.05) is 11.1 Å². The number of rotatable bonds is 9. The number of ether oxygens (including phenoxy) is 3. The molecule has 0 heterocycles. The first-order valence-corrected chi connectivity index (χ1v) is 8.87. The molecule has 0 spiro atoms. The fraction of sp³-hybridized carbons (Fsp3) is 0.174. The number of esters is 2. The van der Waals surface area contributed by atoms with Crippen LogP contribution < -0.4 is 4.74 Å². The quantitative estimate of drug-likeness (QED) is 0.278. The van der Waals surface area contributed by atoms with Crippen LogP contribution in [0.25, 0.3) is 6.08 Å². The summed E-state index contributed by atoms with van der Waals surface area (Å²) >= 11 is 0. The topological polar surface area (TPSA) is 78.9 Å². The number of ketones is 1. The third-order valence-electron chi connectivity index (χ3n) is 3.85. The van der Waals surface area contributed by atoms with Gasteiger partial charge in [-0.2, -0.15) is 0 Å². The Labute approximate surface area is 169 Å². The van der Waals surface area contributed by atoms with E-state index in [1.165, 1.54) is 13.0 Å². The van der Waals surface area contributed by atoms with Gasteiger partial charge in [0.25, 0.3) is 0 Å². The van der Waals surface area contributed by atoms with Gasteiger partial charge in [-0.15, -0.1) is 0 Å². The summed E-state index contributed by atoms with van der Waals surface area (Å²) in [7, 11) is 1.56. The minimum Gasteiger partial charge on any atom is -0.497 e. The van der Waals surface area contributed by atoms with Gasteiger partial charge >= 0.3 is 11.9 Å². The maximum Gasteiger partial charge on any atom is 0.338 e. The van der Waals surface area contributed by atoms with Crippen LogP contribution in [0, 0.1) is 0 Å². The maximum atomic E-state index is 12.2. The lowest BCUT2D eigenvalue weighted by molar-refractivity contribution is -0.140. The minimum atomic E-state index is -0.527. The first-order chi connectivity index (χ1) is 13.9. The molecule has 0 amide bonds. The van der Waals surface area contributed by atoms with E-state index in [4.69, 9.17) is 14.2 Å². The summed E-state index contributed by atoms with van der Waals surface area (Å²) < 4.78 is 15.0. The highest BCUT2D eigenvalue weighted by atomic mass is 16.6. The molecule has 0 unspecified atom stereocenters. The number of carbonyl (C=O) groups excluding carboxylic acids is 3. The van der Waals surface area contributed by atoms with Gasteiger partial charge in [-0.1, -0.05) is 24.8 Å². The summed E-state index contributed by atoms with van der Waals surface area (Å²) in [6.45, 7) is 4.92. The molecule has 0 aliphatic carbocycles. The molecule has 0 aliphatic rings. The van der Waals surface area contributed by atoms with Crippen molar-refractivity contribution < 1.29 is 28.6 Å². The normalized spacial score (nSPS) is 10.4. The van der Waals surface area contributed by atoms with E-state index in [0.717, 1.165) is 5.56 Å². The lowest BCUT2D eigenvalue weighted by Gasteiger charge is -2.06. The molecule has 0 atom stereocenters. The van der Waals surface area contributed by atoms with Crippen LogP contribution in [0.3, 0.4) is 0 Å². The molecule has 2 rings (SSSR count). The summed E-state index contributed by atoms with van der Waals surface area (Å²) in [5, 5.41) is 0. The van der Waals surface area contributed by atoms with Crippen LogP contribution in [0.15, 0.2) is 66.8 Å². The number of carbonyl (C=O) groups is 3. The van der Waals surface area contributed by atoms with E-state index in [1.807, 2.05) is 0 Å². The van der Waals surface area contributed by atoms with Crippen molar-refractivity contribution in [3.8, 4) is 5.75 Å². The second-order valence-electron chi connectivity index (χ2n) is 6.10. The van der Waals surface area contributed by atoms with Gasteiger partial charge in [-0.3, -0.25) is 4.79 Å². The predicted molar refractivity (Wildman–Crippen MR) is 109 cm³/mol. The van der Waals surface area contributed by atoms with Gasteiger partial charge in [0.2, 0.25) is 0 Å². The zero-order valence-electron chi connectivity index (χ0n) is 16.3. The zero-order chi connectivity index (χ0) is 21.2. The monoisotopic (exact) mass is 394 g/mol. The van der Waals surface area contributed by atoms with Crippen LogP contribution in [0.1, 0.15) is 33.2 Å². The molecule has 0 saturated carbocycles. The zero-order valence-corrected chi connectivity index (χ0v) is 16.3. The average molecular weight is 394 g/mol.